The van der Waals surface area contributed by atoms with Crippen LogP contribution in [0.25, 0.3) is 0 Å². The predicted molar refractivity (Wildman–Crippen MR) is 115 cm³/mol. The number of para-hydroxylation sites is 1. The third-order valence-corrected chi connectivity index (χ3v) is 4.93. The molecule has 0 bridgehead atoms. The molecule has 4 rings (SSSR count). The quantitative estimate of drug-likeness (QED) is 0.640. The Morgan fingerprint density at radius 3 is 2.24 bits per heavy atom. The first-order valence-corrected chi connectivity index (χ1v) is 9.73. The van der Waals surface area contributed by atoms with Crippen LogP contribution in [0.1, 0.15) is 18.0 Å². The van der Waals surface area contributed by atoms with Crippen LogP contribution in [0.15, 0.2) is 89.9 Å². The zero-order valence-electron chi connectivity index (χ0n) is 16.1. The van der Waals surface area contributed by atoms with Gasteiger partial charge in [-0.3, -0.25) is 0 Å². The number of aliphatic imine (C=N–C) groups is 1. The van der Waals surface area contributed by atoms with Gasteiger partial charge in [-0.2, -0.15) is 0 Å². The van der Waals surface area contributed by atoms with Crippen molar-refractivity contribution in [1.82, 2.24) is 0 Å². The number of anilines is 1. The maximum Gasteiger partial charge on any atom is 0.119 e. The average molecular weight is 388 g/mol. The largest absolute Gasteiger partial charge is 0.491 e. The van der Waals surface area contributed by atoms with Gasteiger partial charge in [-0.15, -0.1) is 0 Å². The van der Waals surface area contributed by atoms with E-state index >= 15 is 0 Å². The minimum Gasteiger partial charge on any atom is -0.491 e. The monoisotopic (exact) mass is 388 g/mol. The van der Waals surface area contributed by atoms with E-state index in [1.165, 1.54) is 5.56 Å². The summed E-state index contributed by atoms with van der Waals surface area (Å²) in [4.78, 5) is 7.09. The van der Waals surface area contributed by atoms with Crippen LogP contribution in [0.5, 0.6) is 5.75 Å². The van der Waals surface area contributed by atoms with Gasteiger partial charge in [0.25, 0.3) is 0 Å². The zero-order valence-corrected chi connectivity index (χ0v) is 16.1. The molecule has 3 aromatic carbocycles. The number of benzene rings is 3. The van der Waals surface area contributed by atoms with Crippen LogP contribution in [-0.2, 0) is 0 Å². The summed E-state index contributed by atoms with van der Waals surface area (Å²) in [5, 5.41) is 18.4. The Bertz CT molecular complexity index is 943. The fraction of sp³-hybridized carbons (Fsp3) is 0.208. The van der Waals surface area contributed by atoms with Crippen molar-refractivity contribution in [3.05, 3.63) is 90.5 Å². The van der Waals surface area contributed by atoms with E-state index < -0.39 is 6.10 Å². The molecule has 0 aromatic heterocycles. The van der Waals surface area contributed by atoms with Gasteiger partial charge in [-0.1, -0.05) is 48.5 Å². The highest BCUT2D eigenvalue weighted by atomic mass is 16.5. The van der Waals surface area contributed by atoms with Gasteiger partial charge in [0, 0.05) is 12.1 Å². The molecular weight excluding hydrogens is 364 g/mol. The van der Waals surface area contributed by atoms with Gasteiger partial charge in [0.05, 0.1) is 18.3 Å². The molecule has 0 aliphatic carbocycles. The van der Waals surface area contributed by atoms with Crippen molar-refractivity contribution in [2.24, 2.45) is 4.99 Å². The molecule has 1 aliphatic rings. The molecule has 5 heteroatoms. The fourth-order valence-corrected chi connectivity index (χ4v) is 3.40. The highest BCUT2D eigenvalue weighted by Crippen LogP contribution is 2.40. The van der Waals surface area contributed by atoms with E-state index in [4.69, 9.17) is 14.8 Å². The van der Waals surface area contributed by atoms with Crippen molar-refractivity contribution in [3.63, 3.8) is 0 Å². The van der Waals surface area contributed by atoms with Gasteiger partial charge in [0.2, 0.25) is 0 Å². The molecule has 2 N–H and O–H groups in total. The maximum atomic E-state index is 9.45. The Labute approximate surface area is 170 Å². The van der Waals surface area contributed by atoms with Gasteiger partial charge < -0.3 is 19.8 Å². The number of aliphatic hydroxyl groups is 2. The summed E-state index contributed by atoms with van der Waals surface area (Å²) in [7, 11) is 0. The van der Waals surface area contributed by atoms with E-state index in [0.29, 0.717) is 5.75 Å². The first-order valence-electron chi connectivity index (χ1n) is 9.73. The molecule has 1 fully saturated rings. The van der Waals surface area contributed by atoms with Crippen molar-refractivity contribution in [3.8, 4) is 5.75 Å². The Balaban J connectivity index is 1.58. The predicted octanol–water partition coefficient (Wildman–Crippen LogP) is 4.10. The maximum absolute atomic E-state index is 9.45. The Hall–Kier alpha value is -3.15. The van der Waals surface area contributed by atoms with Gasteiger partial charge in [-0.25, -0.2) is 4.99 Å². The average Bonchev–Trinajstić information content (AvgIpc) is 2.77. The normalized spacial score (nSPS) is 18.3. The summed E-state index contributed by atoms with van der Waals surface area (Å²) >= 11 is 0. The third kappa shape index (κ3) is 4.47. The van der Waals surface area contributed by atoms with Crippen LogP contribution < -0.4 is 9.64 Å². The van der Waals surface area contributed by atoms with Gasteiger partial charge in [-0.05, 0) is 42.0 Å². The first kappa shape index (κ1) is 19.2. The molecule has 2 atom stereocenters. The van der Waals surface area contributed by atoms with E-state index in [1.54, 1.807) is 0 Å². The lowest BCUT2D eigenvalue weighted by atomic mass is 9.92. The summed E-state index contributed by atoms with van der Waals surface area (Å²) in [6.07, 6.45) is -0.00281. The van der Waals surface area contributed by atoms with E-state index in [1.807, 2.05) is 60.7 Å². The summed E-state index contributed by atoms with van der Waals surface area (Å²) in [6.45, 7) is -0.253. The second-order valence-corrected chi connectivity index (χ2v) is 7.01. The molecule has 29 heavy (non-hydrogen) atoms. The van der Waals surface area contributed by atoms with Crippen LogP contribution in [0, 0.1) is 0 Å². The van der Waals surface area contributed by atoms with Crippen LogP contribution in [-0.4, -0.2) is 35.4 Å². The molecule has 148 valence electrons. The smallest absolute Gasteiger partial charge is 0.119 e. The summed E-state index contributed by atoms with van der Waals surface area (Å²) in [5.74, 6) is 1.68. The van der Waals surface area contributed by atoms with Gasteiger partial charge in [0.1, 0.15) is 24.3 Å². The van der Waals surface area contributed by atoms with Gasteiger partial charge >= 0.3 is 0 Å². The summed E-state index contributed by atoms with van der Waals surface area (Å²) in [6, 6.07) is 28.4. The number of hydrogen-bond donors (Lipinski definition) is 2. The molecule has 0 amide bonds. The van der Waals surface area contributed by atoms with Crippen LogP contribution >= 0.6 is 0 Å². The molecule has 1 aliphatic heterocycles. The van der Waals surface area contributed by atoms with Crippen molar-refractivity contribution in [1.29, 1.82) is 0 Å². The van der Waals surface area contributed by atoms with E-state index in [0.717, 1.165) is 23.6 Å². The molecule has 1 heterocycles. The first-order chi connectivity index (χ1) is 14.2. The van der Waals surface area contributed by atoms with Crippen molar-refractivity contribution >= 4 is 17.2 Å². The van der Waals surface area contributed by atoms with E-state index in [9.17, 15) is 5.11 Å². The van der Waals surface area contributed by atoms with Gasteiger partial charge in [0.15, 0.2) is 0 Å². The van der Waals surface area contributed by atoms with Crippen LogP contribution in [0.2, 0.25) is 0 Å². The SMILES string of the molecule is OCC(O)COc1ccc(N2/C(=N/c3ccccc3)CC2c2ccccc2)cc1. The fourth-order valence-electron chi connectivity index (χ4n) is 3.40. The summed E-state index contributed by atoms with van der Waals surface area (Å²) in [5.41, 5.74) is 3.23. The molecular formula is C24H24N2O3. The Morgan fingerprint density at radius 1 is 0.931 bits per heavy atom. The molecule has 1 saturated heterocycles. The van der Waals surface area contributed by atoms with E-state index in [2.05, 4.69) is 29.2 Å². The lowest BCUT2D eigenvalue weighted by Gasteiger charge is -2.44. The Morgan fingerprint density at radius 2 is 1.59 bits per heavy atom. The zero-order chi connectivity index (χ0) is 20.1. The standard InChI is InChI=1S/C24H24N2O3/c27-16-21(28)17-29-22-13-11-20(12-14-22)26-23(18-7-3-1-4-8-18)15-24(26)25-19-9-5-2-6-10-19/h1-14,21,23,27-28H,15-17H2/b25-24+. The highest BCUT2D eigenvalue weighted by molar-refractivity contribution is 6.06. The summed E-state index contributed by atoms with van der Waals surface area (Å²) < 4.78 is 5.52. The second kappa shape index (κ2) is 8.90. The molecule has 3 aromatic rings. The Kier molecular flexibility index (Phi) is 5.89. The number of amidine groups is 1. The molecule has 5 nitrogen and oxygen atoms in total. The van der Waals surface area contributed by atoms with Crippen LogP contribution in [0.4, 0.5) is 11.4 Å². The number of rotatable bonds is 7. The molecule has 2 unspecified atom stereocenters. The second-order valence-electron chi connectivity index (χ2n) is 7.01. The highest BCUT2D eigenvalue weighted by Gasteiger charge is 2.36. The van der Waals surface area contributed by atoms with Crippen LogP contribution in [0.3, 0.4) is 0 Å². The molecule has 0 spiro atoms. The molecule has 0 saturated carbocycles. The molecule has 0 radical (unpaired) electrons. The lowest BCUT2D eigenvalue weighted by molar-refractivity contribution is 0.0536. The van der Waals surface area contributed by atoms with Crippen molar-refractivity contribution in [2.75, 3.05) is 18.1 Å². The number of aliphatic hydroxyl groups excluding tert-OH is 2. The lowest BCUT2D eigenvalue weighted by Crippen LogP contribution is -2.46. The number of nitrogens with zero attached hydrogens (tertiary/aromatic N) is 2. The minimum atomic E-state index is -0.878. The van der Waals surface area contributed by atoms with Crippen molar-refractivity contribution < 1.29 is 14.9 Å². The minimum absolute atomic E-state index is 0.0624. The third-order valence-electron chi connectivity index (χ3n) is 4.93. The number of ether oxygens (including phenoxy) is 1. The number of hydrogen-bond acceptors (Lipinski definition) is 4. The topological polar surface area (TPSA) is 65.3 Å². The van der Waals surface area contributed by atoms with E-state index in [-0.39, 0.29) is 19.3 Å². The van der Waals surface area contributed by atoms with Crippen molar-refractivity contribution in [2.45, 2.75) is 18.6 Å².